The standard InChI is InChI=1S/C18H14ClNO4/c1-22-16-9-11(17(23-2)13-7-8-24-18(13)16)3-6-15(21)14-5-4-12(19)10-20-14/h3-10H,1-2H3/b6-3+. The van der Waals surface area contributed by atoms with Crippen molar-refractivity contribution in [3.05, 3.63) is 59.1 Å². The summed E-state index contributed by atoms with van der Waals surface area (Å²) in [4.78, 5) is 16.2. The lowest BCUT2D eigenvalue weighted by molar-refractivity contribution is 0.104. The van der Waals surface area contributed by atoms with Crippen molar-refractivity contribution < 1.29 is 18.7 Å². The van der Waals surface area contributed by atoms with Crippen molar-refractivity contribution in [3.8, 4) is 11.5 Å². The molecule has 0 radical (unpaired) electrons. The fourth-order valence-electron chi connectivity index (χ4n) is 2.38. The predicted molar refractivity (Wildman–Crippen MR) is 91.9 cm³/mol. The highest BCUT2D eigenvalue weighted by atomic mass is 35.5. The van der Waals surface area contributed by atoms with Gasteiger partial charge in [-0.2, -0.15) is 0 Å². The third-order valence-electron chi connectivity index (χ3n) is 3.50. The number of aromatic nitrogens is 1. The van der Waals surface area contributed by atoms with Gasteiger partial charge in [0.1, 0.15) is 11.4 Å². The van der Waals surface area contributed by atoms with Crippen LogP contribution in [0.25, 0.3) is 17.0 Å². The van der Waals surface area contributed by atoms with Crippen LogP contribution in [0, 0.1) is 0 Å². The maximum atomic E-state index is 12.2. The van der Waals surface area contributed by atoms with E-state index in [2.05, 4.69) is 4.98 Å². The Morgan fingerprint density at radius 2 is 2.08 bits per heavy atom. The molecule has 6 heteroatoms. The highest BCUT2D eigenvalue weighted by molar-refractivity contribution is 6.30. The molecule has 0 aliphatic rings. The van der Waals surface area contributed by atoms with E-state index in [0.29, 0.717) is 33.4 Å². The number of ketones is 1. The molecule has 3 aromatic rings. The Kier molecular flexibility index (Phi) is 4.53. The number of hydrogen-bond acceptors (Lipinski definition) is 5. The molecule has 24 heavy (non-hydrogen) atoms. The predicted octanol–water partition coefficient (Wildman–Crippen LogP) is 4.39. The molecule has 1 aromatic carbocycles. The van der Waals surface area contributed by atoms with E-state index in [1.54, 1.807) is 50.8 Å². The van der Waals surface area contributed by atoms with Crippen molar-refractivity contribution in [3.63, 3.8) is 0 Å². The molecule has 0 amide bonds. The number of carbonyl (C=O) groups is 1. The molecule has 2 aromatic heterocycles. The second-order valence-electron chi connectivity index (χ2n) is 4.92. The molecule has 0 aliphatic heterocycles. The molecule has 5 nitrogen and oxygen atoms in total. The molecular formula is C18H14ClNO4. The lowest BCUT2D eigenvalue weighted by Gasteiger charge is -2.09. The van der Waals surface area contributed by atoms with Gasteiger partial charge in [0.15, 0.2) is 11.3 Å². The van der Waals surface area contributed by atoms with Crippen LogP contribution in [0.2, 0.25) is 5.02 Å². The third-order valence-corrected chi connectivity index (χ3v) is 3.72. The monoisotopic (exact) mass is 343 g/mol. The Morgan fingerprint density at radius 1 is 1.25 bits per heavy atom. The molecular weight excluding hydrogens is 330 g/mol. The first-order valence-corrected chi connectivity index (χ1v) is 7.48. The van der Waals surface area contributed by atoms with Gasteiger partial charge < -0.3 is 13.9 Å². The van der Waals surface area contributed by atoms with Crippen molar-refractivity contribution >= 4 is 34.4 Å². The van der Waals surface area contributed by atoms with Gasteiger partial charge in [0.25, 0.3) is 0 Å². The van der Waals surface area contributed by atoms with Gasteiger partial charge in [-0.3, -0.25) is 9.78 Å². The number of rotatable bonds is 5. The van der Waals surface area contributed by atoms with Crippen LogP contribution in [-0.4, -0.2) is 25.0 Å². The zero-order valence-electron chi connectivity index (χ0n) is 13.1. The Morgan fingerprint density at radius 3 is 2.75 bits per heavy atom. The molecule has 122 valence electrons. The summed E-state index contributed by atoms with van der Waals surface area (Å²) in [5.74, 6) is 0.931. The van der Waals surface area contributed by atoms with Crippen molar-refractivity contribution in [2.24, 2.45) is 0 Å². The van der Waals surface area contributed by atoms with Crippen molar-refractivity contribution in [1.29, 1.82) is 0 Å². The van der Waals surface area contributed by atoms with E-state index in [0.717, 1.165) is 5.39 Å². The second kappa shape index (κ2) is 6.76. The number of ether oxygens (including phenoxy) is 2. The molecule has 0 saturated carbocycles. The first-order valence-electron chi connectivity index (χ1n) is 7.10. The summed E-state index contributed by atoms with van der Waals surface area (Å²) in [6.07, 6.45) is 6.08. The van der Waals surface area contributed by atoms with E-state index >= 15 is 0 Å². The Bertz CT molecular complexity index is 913. The number of pyridine rings is 1. The molecule has 0 saturated heterocycles. The van der Waals surface area contributed by atoms with Crippen molar-refractivity contribution in [2.45, 2.75) is 0 Å². The summed E-state index contributed by atoms with van der Waals surface area (Å²) in [6, 6.07) is 6.74. The normalized spacial score (nSPS) is 11.1. The number of hydrogen-bond donors (Lipinski definition) is 0. The van der Waals surface area contributed by atoms with Crippen LogP contribution in [0.5, 0.6) is 11.5 Å². The van der Waals surface area contributed by atoms with Gasteiger partial charge in [-0.25, -0.2) is 0 Å². The van der Waals surface area contributed by atoms with Gasteiger partial charge in [-0.1, -0.05) is 11.6 Å². The van der Waals surface area contributed by atoms with E-state index in [-0.39, 0.29) is 5.78 Å². The first-order chi connectivity index (χ1) is 11.6. The molecule has 3 rings (SSSR count). The summed E-state index contributed by atoms with van der Waals surface area (Å²) in [7, 11) is 3.12. The summed E-state index contributed by atoms with van der Waals surface area (Å²) in [6.45, 7) is 0. The molecule has 0 aliphatic carbocycles. The highest BCUT2D eigenvalue weighted by Crippen LogP contribution is 2.38. The van der Waals surface area contributed by atoms with Crippen molar-refractivity contribution in [1.82, 2.24) is 4.98 Å². The lowest BCUT2D eigenvalue weighted by atomic mass is 10.1. The summed E-state index contributed by atoms with van der Waals surface area (Å²) in [5.41, 5.74) is 1.61. The maximum absolute atomic E-state index is 12.2. The molecule has 0 bridgehead atoms. The van der Waals surface area contributed by atoms with E-state index < -0.39 is 0 Å². The van der Waals surface area contributed by atoms with Crippen LogP contribution < -0.4 is 9.47 Å². The minimum atomic E-state index is -0.236. The number of fused-ring (bicyclic) bond motifs is 1. The second-order valence-corrected chi connectivity index (χ2v) is 5.36. The van der Waals surface area contributed by atoms with Gasteiger partial charge >= 0.3 is 0 Å². The van der Waals surface area contributed by atoms with Crippen LogP contribution in [0.1, 0.15) is 16.1 Å². The first kappa shape index (κ1) is 16.1. The van der Waals surface area contributed by atoms with Crippen LogP contribution in [-0.2, 0) is 0 Å². The Labute approximate surface area is 143 Å². The van der Waals surface area contributed by atoms with Crippen LogP contribution in [0.3, 0.4) is 0 Å². The summed E-state index contributed by atoms with van der Waals surface area (Å²) < 4.78 is 16.2. The summed E-state index contributed by atoms with van der Waals surface area (Å²) in [5, 5.41) is 1.25. The maximum Gasteiger partial charge on any atom is 0.204 e. The number of furan rings is 1. The molecule has 0 atom stereocenters. The molecule has 0 unspecified atom stereocenters. The number of nitrogens with zero attached hydrogens (tertiary/aromatic N) is 1. The molecule has 0 N–H and O–H groups in total. The molecule has 2 heterocycles. The summed E-state index contributed by atoms with van der Waals surface area (Å²) >= 11 is 5.78. The topological polar surface area (TPSA) is 61.6 Å². The number of methoxy groups -OCH3 is 2. The van der Waals surface area contributed by atoms with Crippen LogP contribution in [0.4, 0.5) is 0 Å². The van der Waals surface area contributed by atoms with E-state index in [1.807, 2.05) is 0 Å². The van der Waals surface area contributed by atoms with E-state index in [4.69, 9.17) is 25.5 Å². The zero-order valence-corrected chi connectivity index (χ0v) is 13.8. The number of carbonyl (C=O) groups excluding carboxylic acids is 1. The van der Waals surface area contributed by atoms with Crippen LogP contribution >= 0.6 is 11.6 Å². The van der Waals surface area contributed by atoms with Crippen LogP contribution in [0.15, 0.2) is 47.2 Å². The average molecular weight is 344 g/mol. The largest absolute Gasteiger partial charge is 0.495 e. The smallest absolute Gasteiger partial charge is 0.204 e. The van der Waals surface area contributed by atoms with E-state index in [1.165, 1.54) is 12.3 Å². The quantitative estimate of drug-likeness (QED) is 0.507. The minimum absolute atomic E-state index is 0.236. The Balaban J connectivity index is 1.99. The van der Waals surface area contributed by atoms with Gasteiger partial charge in [-0.05, 0) is 36.4 Å². The molecule has 0 spiro atoms. The number of allylic oxidation sites excluding steroid dienone is 1. The van der Waals surface area contributed by atoms with Gasteiger partial charge in [0, 0.05) is 11.8 Å². The highest BCUT2D eigenvalue weighted by Gasteiger charge is 2.15. The SMILES string of the molecule is COc1c(/C=C/C(=O)c2ccc(Cl)cn2)cc(OC)c2occc12. The fraction of sp³-hybridized carbons (Fsp3) is 0.111. The average Bonchev–Trinajstić information content (AvgIpc) is 3.08. The third kappa shape index (κ3) is 2.98. The fourth-order valence-corrected chi connectivity index (χ4v) is 2.49. The lowest BCUT2D eigenvalue weighted by Crippen LogP contribution is -1.97. The number of benzene rings is 1. The van der Waals surface area contributed by atoms with Gasteiger partial charge in [0.2, 0.25) is 5.78 Å². The Hall–Kier alpha value is -2.79. The van der Waals surface area contributed by atoms with Gasteiger partial charge in [-0.15, -0.1) is 0 Å². The van der Waals surface area contributed by atoms with E-state index in [9.17, 15) is 4.79 Å². The zero-order chi connectivity index (χ0) is 17.1. The minimum Gasteiger partial charge on any atom is -0.495 e. The number of halogens is 1. The molecule has 0 fully saturated rings. The van der Waals surface area contributed by atoms with Gasteiger partial charge in [0.05, 0.1) is 30.9 Å². The van der Waals surface area contributed by atoms with Crippen molar-refractivity contribution in [2.75, 3.05) is 14.2 Å².